The number of nitrogens with zero attached hydrogens (tertiary/aromatic N) is 1. The average Bonchev–Trinajstić information content (AvgIpc) is 2.62. The minimum absolute atomic E-state index is 0.0741. The van der Waals surface area contributed by atoms with Gasteiger partial charge in [0, 0.05) is 10.0 Å². The molecule has 0 aliphatic rings. The van der Waals surface area contributed by atoms with Crippen LogP contribution in [-0.4, -0.2) is 18.4 Å². The minimum atomic E-state index is -0.539. The van der Waals surface area contributed by atoms with E-state index in [1.165, 1.54) is 0 Å². The molecule has 2 amide bonds. The summed E-state index contributed by atoms with van der Waals surface area (Å²) in [6, 6.07) is 13.2. The molecule has 128 valence electrons. The van der Waals surface area contributed by atoms with Crippen molar-refractivity contribution in [3.05, 3.63) is 63.6 Å². The molecule has 0 saturated carbocycles. The van der Waals surface area contributed by atoms with Gasteiger partial charge in [-0.2, -0.15) is 5.26 Å². The zero-order chi connectivity index (χ0) is 18.2. The van der Waals surface area contributed by atoms with E-state index < -0.39 is 11.8 Å². The lowest BCUT2D eigenvalue weighted by Gasteiger charge is -2.10. The smallest absolute Gasteiger partial charge is 0.276 e. The Bertz CT molecular complexity index is 797. The number of hydrogen-bond donors (Lipinski definition) is 2. The summed E-state index contributed by atoms with van der Waals surface area (Å²) in [5, 5.41) is 9.44. The number of ether oxygens (including phenoxy) is 1. The standard InChI is InChI=1S/C17H13Cl2N3O3/c18-14-2-1-3-15(19)13(14)8-16(23)21-22-17(24)10-25-12-6-4-11(9-20)5-7-12/h1-7H,8,10H2,(H,21,23)(H,22,24). The molecule has 0 fully saturated rings. The fourth-order valence-electron chi connectivity index (χ4n) is 1.86. The maximum atomic E-state index is 11.9. The lowest BCUT2D eigenvalue weighted by atomic mass is 10.1. The average molecular weight is 378 g/mol. The van der Waals surface area contributed by atoms with Crippen LogP contribution >= 0.6 is 23.2 Å². The van der Waals surface area contributed by atoms with Crippen molar-refractivity contribution >= 4 is 35.0 Å². The first kappa shape index (κ1) is 18.6. The minimum Gasteiger partial charge on any atom is -0.484 e. The van der Waals surface area contributed by atoms with E-state index in [2.05, 4.69) is 10.9 Å². The van der Waals surface area contributed by atoms with Gasteiger partial charge in [0.15, 0.2) is 6.61 Å². The third kappa shape index (κ3) is 5.68. The Labute approximate surface area is 154 Å². The van der Waals surface area contributed by atoms with Crippen molar-refractivity contribution in [3.8, 4) is 11.8 Å². The van der Waals surface area contributed by atoms with Gasteiger partial charge in [-0.15, -0.1) is 0 Å². The number of hydrazine groups is 1. The van der Waals surface area contributed by atoms with Crippen LogP contribution in [0.5, 0.6) is 5.75 Å². The molecule has 0 aliphatic carbocycles. The highest BCUT2D eigenvalue weighted by molar-refractivity contribution is 6.36. The highest BCUT2D eigenvalue weighted by Crippen LogP contribution is 2.24. The fraction of sp³-hybridized carbons (Fsp3) is 0.118. The van der Waals surface area contributed by atoms with Gasteiger partial charge in [0.25, 0.3) is 5.91 Å². The quantitative estimate of drug-likeness (QED) is 0.783. The van der Waals surface area contributed by atoms with Gasteiger partial charge in [-0.05, 0) is 42.0 Å². The third-order valence-electron chi connectivity index (χ3n) is 3.09. The van der Waals surface area contributed by atoms with Crippen molar-refractivity contribution in [1.82, 2.24) is 10.9 Å². The maximum Gasteiger partial charge on any atom is 0.276 e. The summed E-state index contributed by atoms with van der Waals surface area (Å²) in [5.74, 6) is -0.576. The van der Waals surface area contributed by atoms with Crippen LogP contribution in [0.2, 0.25) is 10.0 Å². The van der Waals surface area contributed by atoms with Crippen LogP contribution < -0.4 is 15.6 Å². The first-order chi connectivity index (χ1) is 12.0. The monoisotopic (exact) mass is 377 g/mol. The lowest BCUT2D eigenvalue weighted by Crippen LogP contribution is -2.44. The predicted molar refractivity (Wildman–Crippen MR) is 93.1 cm³/mol. The molecule has 25 heavy (non-hydrogen) atoms. The van der Waals surface area contributed by atoms with Gasteiger partial charge in [0.1, 0.15) is 5.75 Å². The number of nitrogens with one attached hydrogen (secondary N) is 2. The Balaban J connectivity index is 1.77. The summed E-state index contributed by atoms with van der Waals surface area (Å²) in [7, 11) is 0. The van der Waals surface area contributed by atoms with Gasteiger partial charge < -0.3 is 4.74 Å². The maximum absolute atomic E-state index is 11.9. The molecule has 0 bridgehead atoms. The second-order valence-electron chi connectivity index (χ2n) is 4.90. The topological polar surface area (TPSA) is 91.2 Å². The molecular formula is C17H13Cl2N3O3. The zero-order valence-corrected chi connectivity index (χ0v) is 14.4. The lowest BCUT2D eigenvalue weighted by molar-refractivity contribution is -0.129. The van der Waals surface area contributed by atoms with Crippen molar-refractivity contribution < 1.29 is 14.3 Å². The second-order valence-corrected chi connectivity index (χ2v) is 5.71. The van der Waals surface area contributed by atoms with Crippen molar-refractivity contribution in [1.29, 1.82) is 5.26 Å². The van der Waals surface area contributed by atoms with Crippen molar-refractivity contribution in [2.24, 2.45) is 0 Å². The molecule has 0 saturated heterocycles. The van der Waals surface area contributed by atoms with E-state index in [4.69, 9.17) is 33.2 Å². The molecule has 8 heteroatoms. The molecule has 2 aromatic rings. The van der Waals surface area contributed by atoms with Crippen LogP contribution in [0, 0.1) is 11.3 Å². The van der Waals surface area contributed by atoms with E-state index in [-0.39, 0.29) is 13.0 Å². The van der Waals surface area contributed by atoms with Crippen LogP contribution in [0.25, 0.3) is 0 Å². The van der Waals surface area contributed by atoms with E-state index in [0.29, 0.717) is 26.9 Å². The number of hydrogen-bond acceptors (Lipinski definition) is 4. The van der Waals surface area contributed by atoms with E-state index in [1.807, 2.05) is 6.07 Å². The highest BCUT2D eigenvalue weighted by atomic mass is 35.5. The Morgan fingerprint density at radius 3 is 2.20 bits per heavy atom. The van der Waals surface area contributed by atoms with Crippen LogP contribution in [0.15, 0.2) is 42.5 Å². The van der Waals surface area contributed by atoms with Crippen LogP contribution in [0.3, 0.4) is 0 Å². The van der Waals surface area contributed by atoms with E-state index in [1.54, 1.807) is 42.5 Å². The normalized spacial score (nSPS) is 9.80. The van der Waals surface area contributed by atoms with E-state index >= 15 is 0 Å². The molecule has 2 N–H and O–H groups in total. The predicted octanol–water partition coefficient (Wildman–Crippen LogP) is 2.63. The summed E-state index contributed by atoms with van der Waals surface area (Å²) in [4.78, 5) is 23.5. The second kappa shape index (κ2) is 8.92. The number of amides is 2. The zero-order valence-electron chi connectivity index (χ0n) is 12.9. The number of carbonyl (C=O) groups is 2. The molecule has 0 aliphatic heterocycles. The van der Waals surface area contributed by atoms with Crippen LogP contribution in [0.1, 0.15) is 11.1 Å². The van der Waals surface area contributed by atoms with Gasteiger partial charge >= 0.3 is 0 Å². The van der Waals surface area contributed by atoms with Crippen LogP contribution in [-0.2, 0) is 16.0 Å². The molecule has 0 unspecified atom stereocenters. The number of halogens is 2. The molecule has 2 rings (SSSR count). The Morgan fingerprint density at radius 2 is 1.60 bits per heavy atom. The summed E-state index contributed by atoms with van der Waals surface area (Å²) in [6.45, 7) is -0.293. The highest BCUT2D eigenvalue weighted by Gasteiger charge is 2.11. The van der Waals surface area contributed by atoms with Gasteiger partial charge in [0.05, 0.1) is 18.1 Å². The summed E-state index contributed by atoms with van der Waals surface area (Å²) in [6.07, 6.45) is -0.0741. The molecule has 0 heterocycles. The number of nitriles is 1. The molecule has 6 nitrogen and oxygen atoms in total. The first-order valence-corrected chi connectivity index (χ1v) is 7.88. The van der Waals surface area contributed by atoms with Gasteiger partial charge in [-0.3, -0.25) is 20.4 Å². The molecule has 2 aromatic carbocycles. The fourth-order valence-corrected chi connectivity index (χ4v) is 2.39. The molecule has 0 aromatic heterocycles. The van der Waals surface area contributed by atoms with Gasteiger partial charge in [0.2, 0.25) is 5.91 Å². The van der Waals surface area contributed by atoms with Gasteiger partial charge in [-0.1, -0.05) is 29.3 Å². The van der Waals surface area contributed by atoms with Crippen molar-refractivity contribution in [2.75, 3.05) is 6.61 Å². The SMILES string of the molecule is N#Cc1ccc(OCC(=O)NNC(=O)Cc2c(Cl)cccc2Cl)cc1. The number of rotatable bonds is 5. The third-order valence-corrected chi connectivity index (χ3v) is 3.80. The Kier molecular flexibility index (Phi) is 6.63. The number of benzene rings is 2. The van der Waals surface area contributed by atoms with Gasteiger partial charge in [-0.25, -0.2) is 0 Å². The molecule has 0 radical (unpaired) electrons. The summed E-state index contributed by atoms with van der Waals surface area (Å²) in [5.41, 5.74) is 5.46. The Hall–Kier alpha value is -2.75. The summed E-state index contributed by atoms with van der Waals surface area (Å²) >= 11 is 12.0. The van der Waals surface area contributed by atoms with E-state index in [0.717, 1.165) is 0 Å². The molecular weight excluding hydrogens is 365 g/mol. The van der Waals surface area contributed by atoms with Crippen molar-refractivity contribution in [3.63, 3.8) is 0 Å². The Morgan fingerprint density at radius 1 is 1.00 bits per heavy atom. The van der Waals surface area contributed by atoms with Crippen molar-refractivity contribution in [2.45, 2.75) is 6.42 Å². The molecule has 0 atom stereocenters. The van der Waals surface area contributed by atoms with E-state index in [9.17, 15) is 9.59 Å². The molecule has 0 spiro atoms. The number of carbonyl (C=O) groups excluding carboxylic acids is 2. The first-order valence-electron chi connectivity index (χ1n) is 7.13. The largest absolute Gasteiger partial charge is 0.484 e. The summed E-state index contributed by atoms with van der Waals surface area (Å²) < 4.78 is 5.24. The van der Waals surface area contributed by atoms with Crippen LogP contribution in [0.4, 0.5) is 0 Å².